The Bertz CT molecular complexity index is 510. The van der Waals surface area contributed by atoms with Gasteiger partial charge in [0.15, 0.2) is 11.6 Å². The van der Waals surface area contributed by atoms with Gasteiger partial charge in [-0.25, -0.2) is 8.78 Å². The summed E-state index contributed by atoms with van der Waals surface area (Å²) in [5.74, 6) is -0.913. The highest BCUT2D eigenvalue weighted by molar-refractivity contribution is 5.70. The average Bonchev–Trinajstić information content (AvgIpc) is 2.51. The molecule has 2 aliphatic rings. The number of allylic oxidation sites excluding steroid dienone is 2. The SMILES string of the molecule is Fc1ccc(C2CCCCC2)c(C2=CCCCC2)c1F. The highest BCUT2D eigenvalue weighted by atomic mass is 19.2. The molecule has 0 saturated heterocycles. The summed E-state index contributed by atoms with van der Waals surface area (Å²) in [5, 5.41) is 0. The molecule has 0 aromatic heterocycles. The Morgan fingerprint density at radius 1 is 0.900 bits per heavy atom. The van der Waals surface area contributed by atoms with Gasteiger partial charge in [-0.2, -0.15) is 0 Å². The van der Waals surface area contributed by atoms with Gasteiger partial charge < -0.3 is 0 Å². The van der Waals surface area contributed by atoms with Crippen molar-refractivity contribution >= 4 is 5.57 Å². The first-order valence-corrected chi connectivity index (χ1v) is 7.94. The van der Waals surface area contributed by atoms with E-state index < -0.39 is 11.6 Å². The van der Waals surface area contributed by atoms with E-state index in [2.05, 4.69) is 6.08 Å². The van der Waals surface area contributed by atoms with Crippen molar-refractivity contribution in [3.63, 3.8) is 0 Å². The second-order valence-electron chi connectivity index (χ2n) is 6.14. The van der Waals surface area contributed by atoms with E-state index >= 15 is 0 Å². The van der Waals surface area contributed by atoms with Gasteiger partial charge in [0, 0.05) is 5.56 Å². The number of hydrogen-bond donors (Lipinski definition) is 0. The molecule has 20 heavy (non-hydrogen) atoms. The third-order valence-electron chi connectivity index (χ3n) is 4.78. The zero-order valence-electron chi connectivity index (χ0n) is 11.9. The molecule has 0 unspecified atom stereocenters. The van der Waals surface area contributed by atoms with Crippen LogP contribution in [0.1, 0.15) is 74.8 Å². The topological polar surface area (TPSA) is 0 Å². The first kappa shape index (κ1) is 13.8. The average molecular weight is 276 g/mol. The van der Waals surface area contributed by atoms with Crippen molar-refractivity contribution in [1.29, 1.82) is 0 Å². The van der Waals surface area contributed by atoms with E-state index in [1.165, 1.54) is 31.7 Å². The van der Waals surface area contributed by atoms with E-state index in [4.69, 9.17) is 0 Å². The predicted octanol–water partition coefficient (Wildman–Crippen LogP) is 5.97. The molecule has 2 heteroatoms. The third-order valence-corrected chi connectivity index (χ3v) is 4.78. The summed E-state index contributed by atoms with van der Waals surface area (Å²) in [6.45, 7) is 0. The van der Waals surface area contributed by atoms with Gasteiger partial charge in [-0.1, -0.05) is 31.4 Å². The third kappa shape index (κ3) is 2.65. The van der Waals surface area contributed by atoms with Gasteiger partial charge in [-0.3, -0.25) is 0 Å². The van der Waals surface area contributed by atoms with Crippen LogP contribution in [0.25, 0.3) is 5.57 Å². The van der Waals surface area contributed by atoms with Crippen molar-refractivity contribution < 1.29 is 8.78 Å². The second-order valence-corrected chi connectivity index (χ2v) is 6.14. The van der Waals surface area contributed by atoms with E-state index in [1.54, 1.807) is 0 Å². The first-order chi connectivity index (χ1) is 9.77. The monoisotopic (exact) mass is 276 g/mol. The lowest BCUT2D eigenvalue weighted by molar-refractivity contribution is 0.437. The van der Waals surface area contributed by atoms with Crippen molar-refractivity contribution in [2.75, 3.05) is 0 Å². The number of rotatable bonds is 2. The highest BCUT2D eigenvalue weighted by Gasteiger charge is 2.24. The van der Waals surface area contributed by atoms with Crippen LogP contribution in [0.4, 0.5) is 8.78 Å². The van der Waals surface area contributed by atoms with Gasteiger partial charge in [0.2, 0.25) is 0 Å². The maximum absolute atomic E-state index is 14.4. The summed E-state index contributed by atoms with van der Waals surface area (Å²) in [6, 6.07) is 3.14. The zero-order valence-corrected chi connectivity index (χ0v) is 11.9. The van der Waals surface area contributed by atoms with Crippen molar-refractivity contribution in [2.45, 2.75) is 63.7 Å². The fourth-order valence-electron chi connectivity index (χ4n) is 3.71. The summed E-state index contributed by atoms with van der Waals surface area (Å²) in [7, 11) is 0. The molecule has 1 aromatic rings. The lowest BCUT2D eigenvalue weighted by Gasteiger charge is -2.26. The van der Waals surface area contributed by atoms with Crippen LogP contribution in [0, 0.1) is 11.6 Å². The van der Waals surface area contributed by atoms with Gasteiger partial charge in [0.05, 0.1) is 0 Å². The van der Waals surface area contributed by atoms with Crippen LogP contribution in [0.2, 0.25) is 0 Å². The molecule has 0 aliphatic heterocycles. The van der Waals surface area contributed by atoms with E-state index in [1.807, 2.05) is 6.07 Å². The van der Waals surface area contributed by atoms with Crippen LogP contribution in [-0.2, 0) is 0 Å². The molecule has 1 aromatic carbocycles. The molecule has 108 valence electrons. The molecule has 0 radical (unpaired) electrons. The van der Waals surface area contributed by atoms with Crippen LogP contribution in [0.5, 0.6) is 0 Å². The fraction of sp³-hybridized carbons (Fsp3) is 0.556. The Morgan fingerprint density at radius 2 is 1.70 bits per heavy atom. The largest absolute Gasteiger partial charge is 0.204 e. The van der Waals surface area contributed by atoms with E-state index in [0.29, 0.717) is 11.5 Å². The second kappa shape index (κ2) is 6.07. The molecule has 0 nitrogen and oxygen atoms in total. The quantitative estimate of drug-likeness (QED) is 0.624. The van der Waals surface area contributed by atoms with Crippen LogP contribution < -0.4 is 0 Å². The Labute approximate surface area is 119 Å². The molecule has 1 fully saturated rings. The van der Waals surface area contributed by atoms with Crippen LogP contribution in [0.15, 0.2) is 18.2 Å². The minimum absolute atomic E-state index is 0.414. The van der Waals surface area contributed by atoms with E-state index in [9.17, 15) is 8.78 Å². The predicted molar refractivity (Wildman–Crippen MR) is 78.6 cm³/mol. The summed E-state index contributed by atoms with van der Waals surface area (Å²) in [4.78, 5) is 0. The smallest absolute Gasteiger partial charge is 0.166 e. The van der Waals surface area contributed by atoms with Crippen LogP contribution >= 0.6 is 0 Å². The Morgan fingerprint density at radius 3 is 2.40 bits per heavy atom. The maximum Gasteiger partial charge on any atom is 0.166 e. The van der Waals surface area contributed by atoms with Gasteiger partial charge in [0.25, 0.3) is 0 Å². The van der Waals surface area contributed by atoms with Crippen LogP contribution in [-0.4, -0.2) is 0 Å². The molecule has 2 aliphatic carbocycles. The standard InChI is InChI=1S/C18H22F2/c19-16-12-11-15(13-7-3-1-4-8-13)17(18(16)20)14-9-5-2-6-10-14/h9,11-13H,1-8,10H2. The lowest BCUT2D eigenvalue weighted by Crippen LogP contribution is -2.10. The van der Waals surface area contributed by atoms with E-state index in [0.717, 1.165) is 43.2 Å². The summed E-state index contributed by atoms with van der Waals surface area (Å²) >= 11 is 0. The Balaban J connectivity index is 2.04. The molecular formula is C18H22F2. The molecule has 0 bridgehead atoms. The zero-order chi connectivity index (χ0) is 13.9. The Kier molecular flexibility index (Phi) is 4.18. The van der Waals surface area contributed by atoms with Crippen molar-refractivity contribution in [2.24, 2.45) is 0 Å². The van der Waals surface area contributed by atoms with Crippen LogP contribution in [0.3, 0.4) is 0 Å². The number of benzene rings is 1. The Hall–Kier alpha value is -1.18. The lowest BCUT2D eigenvalue weighted by atomic mass is 9.79. The van der Waals surface area contributed by atoms with Crippen molar-refractivity contribution in [3.05, 3.63) is 41.0 Å². The minimum atomic E-state index is -0.703. The molecular weight excluding hydrogens is 254 g/mol. The molecule has 0 N–H and O–H groups in total. The van der Waals surface area contributed by atoms with Crippen molar-refractivity contribution in [3.8, 4) is 0 Å². The molecule has 3 rings (SSSR count). The summed E-state index contributed by atoms with van der Waals surface area (Å²) in [5.41, 5.74) is 2.68. The van der Waals surface area contributed by atoms with Gasteiger partial charge in [0.1, 0.15) is 0 Å². The fourth-order valence-corrected chi connectivity index (χ4v) is 3.71. The maximum atomic E-state index is 14.4. The molecule has 0 spiro atoms. The van der Waals surface area contributed by atoms with Gasteiger partial charge in [-0.15, -0.1) is 0 Å². The summed E-state index contributed by atoms with van der Waals surface area (Å²) < 4.78 is 28.1. The molecule has 0 heterocycles. The summed E-state index contributed by atoms with van der Waals surface area (Å²) in [6.07, 6.45) is 12.2. The van der Waals surface area contributed by atoms with E-state index in [-0.39, 0.29) is 0 Å². The van der Waals surface area contributed by atoms with Gasteiger partial charge >= 0.3 is 0 Å². The number of halogens is 2. The molecule has 1 saturated carbocycles. The first-order valence-electron chi connectivity index (χ1n) is 7.94. The number of hydrogen-bond acceptors (Lipinski definition) is 0. The van der Waals surface area contributed by atoms with Gasteiger partial charge in [-0.05, 0) is 61.6 Å². The minimum Gasteiger partial charge on any atom is -0.204 e. The molecule has 0 atom stereocenters. The highest BCUT2D eigenvalue weighted by Crippen LogP contribution is 2.40. The molecule has 0 amide bonds. The normalized spacial score (nSPS) is 20.8. The van der Waals surface area contributed by atoms with Crippen molar-refractivity contribution in [1.82, 2.24) is 0 Å².